The molecule has 0 amide bonds. The van der Waals surface area contributed by atoms with Gasteiger partial charge in [-0.15, -0.1) is 0 Å². The van der Waals surface area contributed by atoms with Crippen molar-refractivity contribution in [2.24, 2.45) is 0 Å². The summed E-state index contributed by atoms with van der Waals surface area (Å²) in [7, 11) is 0. The number of aryl methyl sites for hydroxylation is 2. The third-order valence-electron chi connectivity index (χ3n) is 1.40. The molecule has 2 aromatic rings. The van der Waals surface area contributed by atoms with Crippen LogP contribution in [0.25, 0.3) is 0 Å². The van der Waals surface area contributed by atoms with Gasteiger partial charge in [0.05, 0.1) is 5.69 Å². The van der Waals surface area contributed by atoms with Gasteiger partial charge in [0.15, 0.2) is 0 Å². The Balaban J connectivity index is 0.000000132. The Labute approximate surface area is 77.8 Å². The van der Waals surface area contributed by atoms with Crippen molar-refractivity contribution in [1.29, 1.82) is 0 Å². The first-order valence-electron chi connectivity index (χ1n) is 4.12. The zero-order chi connectivity index (χ0) is 9.52. The predicted octanol–water partition coefficient (Wildman–Crippen LogP) is 2.11. The number of nitrogens with one attached hydrogen (secondary N) is 1. The number of rotatable bonds is 0. The summed E-state index contributed by atoms with van der Waals surface area (Å²) in [6.07, 6.45) is 3.50. The van der Waals surface area contributed by atoms with Gasteiger partial charge < -0.3 is 0 Å². The van der Waals surface area contributed by atoms with Crippen molar-refractivity contribution in [2.45, 2.75) is 13.8 Å². The van der Waals surface area contributed by atoms with E-state index in [9.17, 15) is 0 Å². The fourth-order valence-corrected chi connectivity index (χ4v) is 0.867. The van der Waals surface area contributed by atoms with Crippen LogP contribution in [0.4, 0.5) is 0 Å². The van der Waals surface area contributed by atoms with Crippen LogP contribution in [-0.2, 0) is 0 Å². The lowest BCUT2D eigenvalue weighted by Gasteiger charge is -1.70. The molecule has 68 valence electrons. The van der Waals surface area contributed by atoms with Gasteiger partial charge in [0.25, 0.3) is 0 Å². The fourth-order valence-electron chi connectivity index (χ4n) is 0.867. The van der Waals surface area contributed by atoms with Crippen molar-refractivity contribution < 1.29 is 0 Å². The fraction of sp³-hybridized carbons (Fsp3) is 0.200. The molecule has 0 spiro atoms. The van der Waals surface area contributed by atoms with E-state index >= 15 is 0 Å². The molecule has 0 saturated carbocycles. The lowest BCUT2D eigenvalue weighted by molar-refractivity contribution is 1.02. The number of aromatic amines is 1. The van der Waals surface area contributed by atoms with E-state index in [0.29, 0.717) is 0 Å². The summed E-state index contributed by atoms with van der Waals surface area (Å²) in [5.74, 6) is 0. The van der Waals surface area contributed by atoms with E-state index in [1.807, 2.05) is 38.1 Å². The molecule has 0 atom stereocenters. The van der Waals surface area contributed by atoms with Crippen LogP contribution in [0.15, 0.2) is 36.7 Å². The Morgan fingerprint density at radius 3 is 1.92 bits per heavy atom. The normalized spacial score (nSPS) is 8.77. The van der Waals surface area contributed by atoms with Gasteiger partial charge in [-0.1, -0.05) is 6.07 Å². The average Bonchev–Trinajstić information content (AvgIpc) is 2.54. The zero-order valence-corrected chi connectivity index (χ0v) is 7.86. The summed E-state index contributed by atoms with van der Waals surface area (Å²) in [5.41, 5.74) is 2.18. The SMILES string of the molecule is Cc1cc(C)[nH]n1.c1ccncc1. The molecule has 0 radical (unpaired) electrons. The minimum atomic E-state index is 1.05. The van der Waals surface area contributed by atoms with E-state index in [4.69, 9.17) is 0 Å². The van der Waals surface area contributed by atoms with Gasteiger partial charge >= 0.3 is 0 Å². The number of aromatic nitrogens is 3. The molecule has 2 aromatic heterocycles. The Kier molecular flexibility index (Phi) is 3.70. The number of pyridine rings is 1. The molecule has 0 saturated heterocycles. The molecule has 0 aromatic carbocycles. The van der Waals surface area contributed by atoms with E-state index in [1.54, 1.807) is 12.4 Å². The smallest absolute Gasteiger partial charge is 0.0593 e. The van der Waals surface area contributed by atoms with Gasteiger partial charge in [-0.25, -0.2) is 0 Å². The van der Waals surface area contributed by atoms with Crippen molar-refractivity contribution in [3.05, 3.63) is 48.0 Å². The second kappa shape index (κ2) is 5.09. The van der Waals surface area contributed by atoms with Crippen LogP contribution in [0.2, 0.25) is 0 Å². The van der Waals surface area contributed by atoms with Crippen molar-refractivity contribution in [3.8, 4) is 0 Å². The Morgan fingerprint density at radius 2 is 1.77 bits per heavy atom. The van der Waals surface area contributed by atoms with Crippen LogP contribution in [0.5, 0.6) is 0 Å². The highest BCUT2D eigenvalue weighted by Crippen LogP contribution is 1.92. The van der Waals surface area contributed by atoms with Crippen LogP contribution < -0.4 is 0 Å². The summed E-state index contributed by atoms with van der Waals surface area (Å²) in [5, 5.41) is 6.71. The maximum absolute atomic E-state index is 3.89. The lowest BCUT2D eigenvalue weighted by Crippen LogP contribution is -1.68. The second-order valence-electron chi connectivity index (χ2n) is 2.72. The molecule has 3 heteroatoms. The molecule has 0 aliphatic carbocycles. The third kappa shape index (κ3) is 4.06. The minimum Gasteiger partial charge on any atom is -0.283 e. The van der Waals surface area contributed by atoms with Gasteiger partial charge in [-0.3, -0.25) is 10.1 Å². The van der Waals surface area contributed by atoms with E-state index in [1.165, 1.54) is 0 Å². The summed E-state index contributed by atoms with van der Waals surface area (Å²) >= 11 is 0. The molecule has 0 aliphatic rings. The number of hydrogen-bond acceptors (Lipinski definition) is 2. The largest absolute Gasteiger partial charge is 0.283 e. The van der Waals surface area contributed by atoms with Crippen LogP contribution >= 0.6 is 0 Å². The quantitative estimate of drug-likeness (QED) is 0.666. The summed E-state index contributed by atoms with van der Waals surface area (Å²) in [6, 6.07) is 7.72. The third-order valence-corrected chi connectivity index (χ3v) is 1.40. The molecule has 0 aliphatic heterocycles. The first kappa shape index (κ1) is 9.45. The van der Waals surface area contributed by atoms with Crippen LogP contribution in [0.3, 0.4) is 0 Å². The molecule has 0 bridgehead atoms. The summed E-state index contributed by atoms with van der Waals surface area (Å²) in [6.45, 7) is 3.95. The topological polar surface area (TPSA) is 41.6 Å². The molecule has 2 rings (SSSR count). The minimum absolute atomic E-state index is 1.05. The predicted molar refractivity (Wildman–Crippen MR) is 52.3 cm³/mol. The van der Waals surface area contributed by atoms with Gasteiger partial charge in [-0.2, -0.15) is 5.10 Å². The summed E-state index contributed by atoms with van der Waals surface area (Å²) in [4.78, 5) is 3.78. The maximum atomic E-state index is 3.89. The van der Waals surface area contributed by atoms with Gasteiger partial charge in [0, 0.05) is 18.1 Å². The molecule has 1 N–H and O–H groups in total. The monoisotopic (exact) mass is 175 g/mol. The highest BCUT2D eigenvalue weighted by Gasteiger charge is 1.84. The van der Waals surface area contributed by atoms with Crippen LogP contribution in [0, 0.1) is 13.8 Å². The Hall–Kier alpha value is -1.64. The second-order valence-corrected chi connectivity index (χ2v) is 2.72. The van der Waals surface area contributed by atoms with Crippen LogP contribution in [-0.4, -0.2) is 15.2 Å². The molecule has 13 heavy (non-hydrogen) atoms. The Bertz CT molecular complexity index is 284. The molecule has 0 unspecified atom stereocenters. The molecule has 3 nitrogen and oxygen atoms in total. The highest BCUT2D eigenvalue weighted by atomic mass is 15.1. The van der Waals surface area contributed by atoms with Crippen molar-refractivity contribution in [3.63, 3.8) is 0 Å². The molecular formula is C10H13N3. The Morgan fingerprint density at radius 1 is 1.08 bits per heavy atom. The lowest BCUT2D eigenvalue weighted by atomic mass is 10.4. The van der Waals surface area contributed by atoms with E-state index in [2.05, 4.69) is 15.2 Å². The van der Waals surface area contributed by atoms with E-state index in [-0.39, 0.29) is 0 Å². The number of hydrogen-bond donors (Lipinski definition) is 1. The summed E-state index contributed by atoms with van der Waals surface area (Å²) < 4.78 is 0. The van der Waals surface area contributed by atoms with Gasteiger partial charge in [-0.05, 0) is 32.0 Å². The standard InChI is InChI=1S/C5H8N2.C5H5N/c1-4-3-5(2)7-6-4;1-2-4-6-5-3-1/h3H,1-2H3,(H,6,7);1-5H. The first-order chi connectivity index (χ1) is 6.29. The maximum Gasteiger partial charge on any atom is 0.0593 e. The first-order valence-corrected chi connectivity index (χ1v) is 4.12. The zero-order valence-electron chi connectivity index (χ0n) is 7.86. The van der Waals surface area contributed by atoms with Gasteiger partial charge in [0.2, 0.25) is 0 Å². The van der Waals surface area contributed by atoms with Gasteiger partial charge in [0.1, 0.15) is 0 Å². The van der Waals surface area contributed by atoms with Crippen molar-refractivity contribution >= 4 is 0 Å². The highest BCUT2D eigenvalue weighted by molar-refractivity contribution is 5.03. The van der Waals surface area contributed by atoms with Crippen LogP contribution in [0.1, 0.15) is 11.4 Å². The van der Waals surface area contributed by atoms with E-state index in [0.717, 1.165) is 11.4 Å². The number of H-pyrrole nitrogens is 1. The molecule has 0 fully saturated rings. The van der Waals surface area contributed by atoms with Crippen molar-refractivity contribution in [1.82, 2.24) is 15.2 Å². The average molecular weight is 175 g/mol. The van der Waals surface area contributed by atoms with E-state index < -0.39 is 0 Å². The van der Waals surface area contributed by atoms with Crippen molar-refractivity contribution in [2.75, 3.05) is 0 Å². The molecular weight excluding hydrogens is 162 g/mol. The molecule has 2 heterocycles. The number of nitrogens with zero attached hydrogens (tertiary/aromatic N) is 2.